The maximum atomic E-state index is 11.6. The van der Waals surface area contributed by atoms with Crippen molar-refractivity contribution in [2.24, 2.45) is 5.10 Å². The van der Waals surface area contributed by atoms with Crippen molar-refractivity contribution < 1.29 is 14.7 Å². The quantitative estimate of drug-likeness (QED) is 0.435. The minimum atomic E-state index is -0.802. The Hall–Kier alpha value is -2.37. The summed E-state index contributed by atoms with van der Waals surface area (Å²) in [6.07, 6.45) is 5.28. The summed E-state index contributed by atoms with van der Waals surface area (Å²) in [4.78, 5) is 23.1. The summed E-state index contributed by atoms with van der Waals surface area (Å²) in [7, 11) is 0. The zero-order valence-electron chi connectivity index (χ0n) is 11.0. The van der Waals surface area contributed by atoms with Crippen molar-refractivity contribution in [2.45, 2.75) is 31.7 Å². The van der Waals surface area contributed by atoms with Crippen molar-refractivity contribution in [3.05, 3.63) is 29.8 Å². The van der Waals surface area contributed by atoms with Crippen molar-refractivity contribution in [1.82, 2.24) is 10.7 Å². The van der Waals surface area contributed by atoms with E-state index in [1.165, 1.54) is 12.3 Å². The standard InChI is InChI=1S/C14H17N3O3/c18-12-8-4-1-5-10(12)9-15-17-14(20)13(19)16-11-6-2-3-7-11/h1,4-5,8-9,11,18H,2-3,6-7H2,(H,16,19)(H,17,20)/b15-9-. The minimum absolute atomic E-state index is 0.0564. The van der Waals surface area contributed by atoms with E-state index in [-0.39, 0.29) is 11.8 Å². The number of para-hydroxylation sites is 1. The molecule has 1 saturated carbocycles. The second-order valence-corrected chi connectivity index (χ2v) is 4.71. The predicted octanol–water partition coefficient (Wildman–Crippen LogP) is 0.901. The molecule has 0 spiro atoms. The van der Waals surface area contributed by atoms with Crippen LogP contribution >= 0.6 is 0 Å². The summed E-state index contributed by atoms with van der Waals surface area (Å²) in [6.45, 7) is 0. The summed E-state index contributed by atoms with van der Waals surface area (Å²) in [5.41, 5.74) is 2.60. The Morgan fingerprint density at radius 1 is 1.20 bits per heavy atom. The van der Waals surface area contributed by atoms with Crippen LogP contribution in [0, 0.1) is 0 Å². The number of aromatic hydroxyl groups is 1. The lowest BCUT2D eigenvalue weighted by Gasteiger charge is -2.10. The number of hydrogen-bond acceptors (Lipinski definition) is 4. The number of phenolic OH excluding ortho intramolecular Hbond substituents is 1. The Labute approximate surface area is 116 Å². The van der Waals surface area contributed by atoms with Gasteiger partial charge in [-0.3, -0.25) is 9.59 Å². The number of nitrogens with one attached hydrogen (secondary N) is 2. The number of rotatable bonds is 3. The second kappa shape index (κ2) is 6.70. The predicted molar refractivity (Wildman–Crippen MR) is 74.2 cm³/mol. The molecule has 2 amide bonds. The van der Waals surface area contributed by atoms with Crippen molar-refractivity contribution in [2.75, 3.05) is 0 Å². The molecule has 1 aliphatic rings. The van der Waals surface area contributed by atoms with Crippen molar-refractivity contribution in [3.8, 4) is 5.75 Å². The molecule has 0 saturated heterocycles. The fourth-order valence-electron chi connectivity index (χ4n) is 2.13. The normalized spacial score (nSPS) is 15.4. The molecule has 0 unspecified atom stereocenters. The molecule has 0 radical (unpaired) electrons. The van der Waals surface area contributed by atoms with Crippen LogP contribution < -0.4 is 10.7 Å². The number of carbonyl (C=O) groups excluding carboxylic acids is 2. The molecule has 0 aliphatic heterocycles. The fraction of sp³-hybridized carbons (Fsp3) is 0.357. The highest BCUT2D eigenvalue weighted by molar-refractivity contribution is 6.35. The van der Waals surface area contributed by atoms with E-state index < -0.39 is 11.8 Å². The lowest BCUT2D eigenvalue weighted by Crippen LogP contribution is -2.42. The van der Waals surface area contributed by atoms with Gasteiger partial charge < -0.3 is 10.4 Å². The van der Waals surface area contributed by atoms with Crippen LogP contribution in [-0.2, 0) is 9.59 Å². The van der Waals surface area contributed by atoms with Gasteiger partial charge in [-0.1, -0.05) is 25.0 Å². The van der Waals surface area contributed by atoms with Gasteiger partial charge >= 0.3 is 11.8 Å². The molecular weight excluding hydrogens is 258 g/mol. The highest BCUT2D eigenvalue weighted by atomic mass is 16.3. The van der Waals surface area contributed by atoms with Gasteiger partial charge in [0.1, 0.15) is 5.75 Å². The molecule has 106 valence electrons. The average Bonchev–Trinajstić information content (AvgIpc) is 2.93. The maximum Gasteiger partial charge on any atom is 0.329 e. The summed E-state index contributed by atoms with van der Waals surface area (Å²) in [5, 5.41) is 15.8. The van der Waals surface area contributed by atoms with Gasteiger partial charge in [-0.05, 0) is 25.0 Å². The molecule has 6 nitrogen and oxygen atoms in total. The lowest BCUT2D eigenvalue weighted by molar-refractivity contribution is -0.139. The molecule has 3 N–H and O–H groups in total. The maximum absolute atomic E-state index is 11.6. The number of hydrazone groups is 1. The lowest BCUT2D eigenvalue weighted by atomic mass is 10.2. The molecule has 20 heavy (non-hydrogen) atoms. The van der Waals surface area contributed by atoms with E-state index in [1.54, 1.807) is 18.2 Å². The number of nitrogens with zero attached hydrogens (tertiary/aromatic N) is 1. The van der Waals surface area contributed by atoms with E-state index in [2.05, 4.69) is 15.8 Å². The van der Waals surface area contributed by atoms with Gasteiger partial charge in [-0.25, -0.2) is 5.43 Å². The monoisotopic (exact) mass is 275 g/mol. The van der Waals surface area contributed by atoms with Crippen LogP contribution in [0.4, 0.5) is 0 Å². The Balaban J connectivity index is 1.82. The van der Waals surface area contributed by atoms with Gasteiger partial charge in [0.2, 0.25) is 0 Å². The summed E-state index contributed by atoms with van der Waals surface area (Å²) < 4.78 is 0. The Kier molecular flexibility index (Phi) is 4.70. The van der Waals surface area contributed by atoms with Crippen LogP contribution in [0.1, 0.15) is 31.2 Å². The molecule has 0 aromatic heterocycles. The molecule has 2 rings (SSSR count). The van der Waals surface area contributed by atoms with Gasteiger partial charge in [0, 0.05) is 11.6 Å². The van der Waals surface area contributed by atoms with Crippen LogP contribution in [0.5, 0.6) is 5.75 Å². The first-order valence-corrected chi connectivity index (χ1v) is 6.58. The highest BCUT2D eigenvalue weighted by Crippen LogP contribution is 2.17. The molecule has 1 aromatic rings. The third-order valence-corrected chi connectivity index (χ3v) is 3.20. The first-order valence-electron chi connectivity index (χ1n) is 6.58. The van der Waals surface area contributed by atoms with E-state index in [1.807, 2.05) is 0 Å². The minimum Gasteiger partial charge on any atom is -0.507 e. The van der Waals surface area contributed by atoms with Crippen LogP contribution in [0.15, 0.2) is 29.4 Å². The number of benzene rings is 1. The molecule has 1 fully saturated rings. The van der Waals surface area contributed by atoms with Crippen molar-refractivity contribution >= 4 is 18.0 Å². The van der Waals surface area contributed by atoms with Gasteiger partial charge in [0.15, 0.2) is 0 Å². The number of carbonyl (C=O) groups is 2. The van der Waals surface area contributed by atoms with Crippen molar-refractivity contribution in [3.63, 3.8) is 0 Å². The van der Waals surface area contributed by atoms with E-state index in [9.17, 15) is 14.7 Å². The zero-order chi connectivity index (χ0) is 14.4. The van der Waals surface area contributed by atoms with E-state index >= 15 is 0 Å². The van der Waals surface area contributed by atoms with Gasteiger partial charge in [0.05, 0.1) is 6.21 Å². The van der Waals surface area contributed by atoms with Crippen molar-refractivity contribution in [1.29, 1.82) is 0 Å². The molecule has 0 atom stereocenters. The third kappa shape index (κ3) is 3.81. The first kappa shape index (κ1) is 14.0. The van der Waals surface area contributed by atoms with Gasteiger partial charge in [0.25, 0.3) is 0 Å². The molecule has 0 heterocycles. The van der Waals surface area contributed by atoms with Crippen LogP contribution in [-0.4, -0.2) is 29.2 Å². The smallest absolute Gasteiger partial charge is 0.329 e. The molecular formula is C14H17N3O3. The van der Waals surface area contributed by atoms with Crippen LogP contribution in [0.3, 0.4) is 0 Å². The fourth-order valence-corrected chi connectivity index (χ4v) is 2.13. The van der Waals surface area contributed by atoms with E-state index in [0.717, 1.165) is 25.7 Å². The largest absolute Gasteiger partial charge is 0.507 e. The Bertz CT molecular complexity index is 522. The van der Waals surface area contributed by atoms with Gasteiger partial charge in [-0.15, -0.1) is 0 Å². The average molecular weight is 275 g/mol. The number of phenols is 1. The summed E-state index contributed by atoms with van der Waals surface area (Å²) in [5.74, 6) is -1.42. The SMILES string of the molecule is O=C(N/N=C\c1ccccc1O)C(=O)NC1CCCC1. The molecule has 6 heteroatoms. The molecule has 1 aromatic carbocycles. The molecule has 1 aliphatic carbocycles. The second-order valence-electron chi connectivity index (χ2n) is 4.71. The topological polar surface area (TPSA) is 90.8 Å². The summed E-state index contributed by atoms with van der Waals surface area (Å²) >= 11 is 0. The number of hydrogen-bond donors (Lipinski definition) is 3. The highest BCUT2D eigenvalue weighted by Gasteiger charge is 2.20. The first-order chi connectivity index (χ1) is 9.66. The van der Waals surface area contributed by atoms with Gasteiger partial charge in [-0.2, -0.15) is 5.10 Å². The summed E-state index contributed by atoms with van der Waals surface area (Å²) in [6, 6.07) is 6.66. The van der Waals surface area contributed by atoms with E-state index in [4.69, 9.17) is 0 Å². The number of amides is 2. The van der Waals surface area contributed by atoms with E-state index in [0.29, 0.717) is 5.56 Å². The van der Waals surface area contributed by atoms with Crippen LogP contribution in [0.2, 0.25) is 0 Å². The Morgan fingerprint density at radius 2 is 1.90 bits per heavy atom. The molecule has 0 bridgehead atoms. The Morgan fingerprint density at radius 3 is 2.60 bits per heavy atom. The van der Waals surface area contributed by atoms with Crippen LogP contribution in [0.25, 0.3) is 0 Å². The third-order valence-electron chi connectivity index (χ3n) is 3.20. The zero-order valence-corrected chi connectivity index (χ0v) is 11.0.